The number of nitrogens with zero attached hydrogens (tertiary/aromatic N) is 1. The molecule has 8 heteroatoms. The zero-order chi connectivity index (χ0) is 19.8. The molecular weight excluding hydrogens is 363 g/mol. The number of phenols is 2. The van der Waals surface area contributed by atoms with Gasteiger partial charge in [-0.2, -0.15) is 13.2 Å². The molecule has 0 radical (unpaired) electrons. The van der Waals surface area contributed by atoms with Crippen LogP contribution < -0.4 is 0 Å². The minimum atomic E-state index is -4.52. The fraction of sp³-hybridized carbons (Fsp3) is 0.0526. The number of alkyl halides is 3. The van der Waals surface area contributed by atoms with Gasteiger partial charge in [-0.05, 0) is 28.8 Å². The molecule has 0 aliphatic heterocycles. The maximum absolute atomic E-state index is 13.2. The summed E-state index contributed by atoms with van der Waals surface area (Å²) in [6, 6.07) is 12.6. The Balaban J connectivity index is 2.09. The second-order valence-corrected chi connectivity index (χ2v) is 5.74. The van der Waals surface area contributed by atoms with Gasteiger partial charge < -0.3 is 10.2 Å². The Bertz CT molecular complexity index is 1010. The van der Waals surface area contributed by atoms with Crippen molar-refractivity contribution >= 4 is 5.69 Å². The van der Waals surface area contributed by atoms with Gasteiger partial charge in [-0.25, -0.2) is 0 Å². The molecule has 0 atom stereocenters. The summed E-state index contributed by atoms with van der Waals surface area (Å²) < 4.78 is 39.5. The highest BCUT2D eigenvalue weighted by Crippen LogP contribution is 2.40. The molecule has 0 bridgehead atoms. The molecule has 138 valence electrons. The number of nitro benzene ring substituents is 1. The van der Waals surface area contributed by atoms with E-state index in [-0.39, 0.29) is 16.7 Å². The quantitative estimate of drug-likeness (QED) is 0.367. The fourth-order valence-electron chi connectivity index (χ4n) is 2.76. The molecule has 0 unspecified atom stereocenters. The van der Waals surface area contributed by atoms with Gasteiger partial charge in [0.05, 0.1) is 22.1 Å². The van der Waals surface area contributed by atoms with Crippen molar-refractivity contribution in [1.82, 2.24) is 0 Å². The van der Waals surface area contributed by atoms with Gasteiger partial charge in [0.25, 0.3) is 5.69 Å². The van der Waals surface area contributed by atoms with E-state index in [4.69, 9.17) is 0 Å². The summed E-state index contributed by atoms with van der Waals surface area (Å²) in [4.78, 5) is 10.5. The van der Waals surface area contributed by atoms with E-state index in [1.165, 1.54) is 42.5 Å². The van der Waals surface area contributed by atoms with E-state index < -0.39 is 33.8 Å². The van der Waals surface area contributed by atoms with Crippen LogP contribution in [-0.4, -0.2) is 15.1 Å². The van der Waals surface area contributed by atoms with E-state index >= 15 is 0 Å². The lowest BCUT2D eigenvalue weighted by molar-refractivity contribution is -0.384. The number of phenolic OH excluding ortho intramolecular Hbond substituents is 2. The van der Waals surface area contributed by atoms with Gasteiger partial charge in [-0.3, -0.25) is 10.1 Å². The molecule has 0 amide bonds. The van der Waals surface area contributed by atoms with E-state index in [1.54, 1.807) is 0 Å². The minimum absolute atomic E-state index is 0.0143. The van der Waals surface area contributed by atoms with Gasteiger partial charge >= 0.3 is 6.18 Å². The molecule has 0 aromatic heterocycles. The number of nitro groups is 1. The molecule has 0 spiro atoms. The van der Waals surface area contributed by atoms with E-state index in [9.17, 15) is 33.5 Å². The monoisotopic (exact) mass is 375 g/mol. The van der Waals surface area contributed by atoms with Crippen molar-refractivity contribution in [2.45, 2.75) is 6.18 Å². The summed E-state index contributed by atoms with van der Waals surface area (Å²) in [5, 5.41) is 30.3. The summed E-state index contributed by atoms with van der Waals surface area (Å²) in [6.07, 6.45) is -4.52. The van der Waals surface area contributed by atoms with Crippen LogP contribution in [0.4, 0.5) is 18.9 Å². The van der Waals surface area contributed by atoms with Crippen molar-refractivity contribution in [3.8, 4) is 33.8 Å². The van der Waals surface area contributed by atoms with E-state index in [1.807, 2.05) is 0 Å². The Labute approximate surface area is 151 Å². The summed E-state index contributed by atoms with van der Waals surface area (Å²) in [6.45, 7) is 0. The summed E-state index contributed by atoms with van der Waals surface area (Å²) in [5.74, 6) is -1.18. The average molecular weight is 375 g/mol. The second kappa shape index (κ2) is 6.64. The lowest BCUT2D eigenvalue weighted by Gasteiger charge is -2.13. The lowest BCUT2D eigenvalue weighted by atomic mass is 9.96. The maximum atomic E-state index is 13.2. The van der Waals surface area contributed by atoms with Crippen LogP contribution in [0.2, 0.25) is 0 Å². The van der Waals surface area contributed by atoms with Gasteiger partial charge in [-0.15, -0.1) is 0 Å². The van der Waals surface area contributed by atoms with Crippen LogP contribution in [0.1, 0.15) is 5.56 Å². The lowest BCUT2D eigenvalue weighted by Crippen LogP contribution is -2.06. The second-order valence-electron chi connectivity index (χ2n) is 5.74. The summed E-state index contributed by atoms with van der Waals surface area (Å²) in [5.41, 5.74) is -0.604. The number of benzene rings is 3. The molecular formula is C19H12F3NO4. The van der Waals surface area contributed by atoms with Crippen molar-refractivity contribution in [3.63, 3.8) is 0 Å². The topological polar surface area (TPSA) is 83.6 Å². The van der Waals surface area contributed by atoms with E-state index in [2.05, 4.69) is 0 Å². The normalized spacial score (nSPS) is 11.4. The Kier molecular flexibility index (Phi) is 4.49. The number of hydrogen-bond donors (Lipinski definition) is 2. The molecule has 0 aliphatic rings. The third-order valence-electron chi connectivity index (χ3n) is 4.03. The number of halogens is 3. The highest BCUT2D eigenvalue weighted by atomic mass is 19.4. The van der Waals surface area contributed by atoms with Crippen molar-refractivity contribution in [2.75, 3.05) is 0 Å². The number of aromatic hydroxyl groups is 2. The molecule has 0 fully saturated rings. The summed E-state index contributed by atoms with van der Waals surface area (Å²) >= 11 is 0. The number of hydrogen-bond acceptors (Lipinski definition) is 4. The Morgan fingerprint density at radius 2 is 1.33 bits per heavy atom. The highest BCUT2D eigenvalue weighted by molar-refractivity contribution is 5.79. The Morgan fingerprint density at radius 1 is 0.815 bits per heavy atom. The van der Waals surface area contributed by atoms with Crippen LogP contribution in [0, 0.1) is 10.1 Å². The molecule has 0 saturated heterocycles. The molecule has 0 aliphatic carbocycles. The van der Waals surface area contributed by atoms with Crippen molar-refractivity contribution in [2.24, 2.45) is 0 Å². The third kappa shape index (κ3) is 3.55. The molecule has 0 heterocycles. The van der Waals surface area contributed by atoms with Crippen molar-refractivity contribution in [3.05, 3.63) is 76.3 Å². The Morgan fingerprint density at radius 3 is 1.89 bits per heavy atom. The third-order valence-corrected chi connectivity index (χ3v) is 4.03. The predicted molar refractivity (Wildman–Crippen MR) is 92.3 cm³/mol. The van der Waals surface area contributed by atoms with Crippen LogP contribution in [-0.2, 0) is 6.18 Å². The Hall–Kier alpha value is -3.55. The molecule has 5 nitrogen and oxygen atoms in total. The average Bonchev–Trinajstić information content (AvgIpc) is 2.63. The van der Waals surface area contributed by atoms with Crippen LogP contribution in [0.3, 0.4) is 0 Å². The van der Waals surface area contributed by atoms with Crippen LogP contribution in [0.15, 0.2) is 60.7 Å². The van der Waals surface area contributed by atoms with Gasteiger partial charge in [0.1, 0.15) is 0 Å². The highest BCUT2D eigenvalue weighted by Gasteiger charge is 2.33. The van der Waals surface area contributed by atoms with Gasteiger partial charge in [0.15, 0.2) is 11.5 Å². The molecule has 27 heavy (non-hydrogen) atoms. The maximum Gasteiger partial charge on any atom is 0.417 e. The van der Waals surface area contributed by atoms with Gasteiger partial charge in [-0.1, -0.05) is 42.5 Å². The first kappa shape index (κ1) is 18.2. The minimum Gasteiger partial charge on any atom is -0.504 e. The molecule has 3 aromatic carbocycles. The zero-order valence-corrected chi connectivity index (χ0v) is 13.6. The first-order valence-corrected chi connectivity index (χ1v) is 7.66. The van der Waals surface area contributed by atoms with Crippen molar-refractivity contribution < 1.29 is 28.3 Å². The molecule has 2 N–H and O–H groups in total. The zero-order valence-electron chi connectivity index (χ0n) is 13.6. The molecule has 3 aromatic rings. The van der Waals surface area contributed by atoms with Crippen molar-refractivity contribution in [1.29, 1.82) is 0 Å². The van der Waals surface area contributed by atoms with Crippen LogP contribution in [0.25, 0.3) is 22.3 Å². The van der Waals surface area contributed by atoms with Gasteiger partial charge in [0, 0.05) is 0 Å². The molecule has 3 rings (SSSR count). The standard InChI is InChI=1S/C19H12F3NO4/c20-19(21,22)15-4-2-1-3-13(15)11-5-7-12(8-6-11)14-9-17(24)18(25)10-16(14)23(26)27/h1-10,24-25H. The first-order chi connectivity index (χ1) is 12.7. The van der Waals surface area contributed by atoms with E-state index in [0.717, 1.165) is 18.2 Å². The van der Waals surface area contributed by atoms with Gasteiger partial charge in [0.2, 0.25) is 0 Å². The summed E-state index contributed by atoms with van der Waals surface area (Å²) in [7, 11) is 0. The largest absolute Gasteiger partial charge is 0.504 e. The smallest absolute Gasteiger partial charge is 0.417 e. The molecule has 0 saturated carbocycles. The SMILES string of the molecule is O=[N+]([O-])c1cc(O)c(O)cc1-c1ccc(-c2ccccc2C(F)(F)F)cc1. The van der Waals surface area contributed by atoms with Crippen LogP contribution >= 0.6 is 0 Å². The van der Waals surface area contributed by atoms with Crippen LogP contribution in [0.5, 0.6) is 11.5 Å². The fourth-order valence-corrected chi connectivity index (χ4v) is 2.76. The first-order valence-electron chi connectivity index (χ1n) is 7.66. The van der Waals surface area contributed by atoms with E-state index in [0.29, 0.717) is 5.56 Å². The predicted octanol–water partition coefficient (Wildman–Crippen LogP) is 5.36. The number of rotatable bonds is 3.